The number of anilines is 1. The molecule has 0 radical (unpaired) electrons. The zero-order chi connectivity index (χ0) is 14.8. The van der Waals surface area contributed by atoms with Crippen molar-refractivity contribution in [3.63, 3.8) is 0 Å². The van der Waals surface area contributed by atoms with Gasteiger partial charge in [0.25, 0.3) is 0 Å². The van der Waals surface area contributed by atoms with Crippen molar-refractivity contribution in [1.29, 1.82) is 0 Å². The van der Waals surface area contributed by atoms with E-state index in [0.29, 0.717) is 16.3 Å². The second kappa shape index (κ2) is 5.78. The van der Waals surface area contributed by atoms with Gasteiger partial charge in [-0.3, -0.25) is 0 Å². The van der Waals surface area contributed by atoms with Crippen LogP contribution in [0, 0.1) is 5.82 Å². The van der Waals surface area contributed by atoms with Crippen LogP contribution in [0.4, 0.5) is 10.1 Å². The van der Waals surface area contributed by atoms with Gasteiger partial charge in [-0.25, -0.2) is 17.9 Å². The van der Waals surface area contributed by atoms with Gasteiger partial charge in [0.1, 0.15) is 5.82 Å². The molecule has 0 unspecified atom stereocenters. The van der Waals surface area contributed by atoms with Crippen LogP contribution in [-0.4, -0.2) is 8.42 Å². The molecule has 0 amide bonds. The fourth-order valence-corrected chi connectivity index (χ4v) is 2.35. The predicted molar refractivity (Wildman–Crippen MR) is 76.6 cm³/mol. The number of hydrogen-bond acceptors (Lipinski definition) is 3. The summed E-state index contributed by atoms with van der Waals surface area (Å²) in [6.45, 7) is 0.237. The van der Waals surface area contributed by atoms with E-state index in [1.807, 2.05) is 0 Å². The monoisotopic (exact) mass is 314 g/mol. The molecule has 3 N–H and O–H groups in total. The molecule has 2 aromatic carbocycles. The summed E-state index contributed by atoms with van der Waals surface area (Å²) in [7, 11) is -3.70. The Morgan fingerprint density at radius 1 is 1.15 bits per heavy atom. The quantitative estimate of drug-likeness (QED) is 0.911. The third-order valence-corrected chi connectivity index (χ3v) is 3.84. The van der Waals surface area contributed by atoms with Gasteiger partial charge in [0.05, 0.1) is 4.90 Å². The van der Waals surface area contributed by atoms with Crippen molar-refractivity contribution in [2.75, 3.05) is 5.32 Å². The molecule has 0 aliphatic heterocycles. The van der Waals surface area contributed by atoms with Crippen LogP contribution in [0.1, 0.15) is 5.56 Å². The fraction of sp³-hybridized carbons (Fsp3) is 0.0769. The Kier molecular flexibility index (Phi) is 4.27. The Morgan fingerprint density at radius 2 is 1.80 bits per heavy atom. The molecular weight excluding hydrogens is 303 g/mol. The van der Waals surface area contributed by atoms with Crippen molar-refractivity contribution in [1.82, 2.24) is 0 Å². The lowest BCUT2D eigenvalue weighted by molar-refractivity contribution is 0.598. The molecule has 0 saturated heterocycles. The molecule has 0 bridgehead atoms. The lowest BCUT2D eigenvalue weighted by Gasteiger charge is -2.08. The number of nitrogens with two attached hydrogens (primary N) is 1. The smallest absolute Gasteiger partial charge is 0.238 e. The minimum atomic E-state index is -3.70. The highest BCUT2D eigenvalue weighted by molar-refractivity contribution is 7.89. The van der Waals surface area contributed by atoms with E-state index >= 15 is 0 Å². The number of halogens is 2. The van der Waals surface area contributed by atoms with E-state index in [9.17, 15) is 12.8 Å². The zero-order valence-corrected chi connectivity index (χ0v) is 11.9. The first-order valence-electron chi connectivity index (χ1n) is 5.67. The summed E-state index contributed by atoms with van der Waals surface area (Å²) < 4.78 is 35.7. The molecular formula is C13H12ClFN2O2S. The van der Waals surface area contributed by atoms with E-state index in [2.05, 4.69) is 5.32 Å². The number of sulfonamides is 1. The highest BCUT2D eigenvalue weighted by atomic mass is 35.5. The highest BCUT2D eigenvalue weighted by Crippen LogP contribution is 2.17. The largest absolute Gasteiger partial charge is 0.381 e. The Hall–Kier alpha value is -1.63. The maximum atomic E-state index is 13.5. The van der Waals surface area contributed by atoms with Crippen molar-refractivity contribution in [2.24, 2.45) is 5.14 Å². The molecule has 7 heteroatoms. The number of nitrogens with one attached hydrogen (secondary N) is 1. The molecule has 20 heavy (non-hydrogen) atoms. The van der Waals surface area contributed by atoms with E-state index in [0.717, 1.165) is 0 Å². The van der Waals surface area contributed by atoms with Gasteiger partial charge >= 0.3 is 0 Å². The second-order valence-corrected chi connectivity index (χ2v) is 6.16. The van der Waals surface area contributed by atoms with Gasteiger partial charge in [-0.15, -0.1) is 0 Å². The first-order chi connectivity index (χ1) is 9.36. The number of primary sulfonamides is 1. The Balaban J connectivity index is 2.10. The number of rotatable bonds is 4. The maximum absolute atomic E-state index is 13.5. The van der Waals surface area contributed by atoms with Crippen LogP contribution in [0.3, 0.4) is 0 Å². The average Bonchev–Trinajstić information content (AvgIpc) is 2.39. The van der Waals surface area contributed by atoms with Crippen molar-refractivity contribution >= 4 is 27.3 Å². The average molecular weight is 315 g/mol. The molecule has 0 heterocycles. The molecule has 0 atom stereocenters. The van der Waals surface area contributed by atoms with E-state index in [1.54, 1.807) is 12.1 Å². The van der Waals surface area contributed by atoms with Gasteiger partial charge in [0.2, 0.25) is 10.0 Å². The zero-order valence-electron chi connectivity index (χ0n) is 10.3. The number of hydrogen-bond donors (Lipinski definition) is 2. The molecule has 0 aliphatic rings. The molecule has 2 aromatic rings. The predicted octanol–water partition coefficient (Wildman–Crippen LogP) is 2.74. The van der Waals surface area contributed by atoms with Gasteiger partial charge < -0.3 is 5.32 Å². The molecule has 0 saturated carbocycles. The maximum Gasteiger partial charge on any atom is 0.238 e. The molecule has 0 aliphatic carbocycles. The Bertz CT molecular complexity index is 718. The molecule has 106 valence electrons. The summed E-state index contributed by atoms with van der Waals surface area (Å²) in [5, 5.41) is 8.42. The van der Waals surface area contributed by atoms with E-state index in [1.165, 1.54) is 30.3 Å². The van der Waals surface area contributed by atoms with E-state index < -0.39 is 10.0 Å². The molecule has 0 aromatic heterocycles. The summed E-state index contributed by atoms with van der Waals surface area (Å²) in [4.78, 5) is 0.0250. The minimum absolute atomic E-state index is 0.0250. The van der Waals surface area contributed by atoms with Crippen LogP contribution < -0.4 is 10.5 Å². The van der Waals surface area contributed by atoms with Crippen LogP contribution in [0.25, 0.3) is 0 Å². The van der Waals surface area contributed by atoms with E-state index in [-0.39, 0.29) is 17.3 Å². The van der Waals surface area contributed by atoms with Gasteiger partial charge in [0, 0.05) is 22.8 Å². The summed E-state index contributed by atoms with van der Waals surface area (Å²) >= 11 is 5.79. The molecule has 2 rings (SSSR count). The van der Waals surface area contributed by atoms with Crippen LogP contribution in [-0.2, 0) is 16.6 Å². The molecule has 4 nitrogen and oxygen atoms in total. The topological polar surface area (TPSA) is 72.2 Å². The van der Waals surface area contributed by atoms with E-state index in [4.69, 9.17) is 16.7 Å². The van der Waals surface area contributed by atoms with Crippen LogP contribution in [0.2, 0.25) is 5.02 Å². The SMILES string of the molecule is NS(=O)(=O)c1ccc(NCc2cc(Cl)ccc2F)cc1. The molecule has 0 fully saturated rings. The normalized spacial score (nSPS) is 11.3. The van der Waals surface area contributed by atoms with Gasteiger partial charge in [-0.2, -0.15) is 0 Å². The Labute approximate surface area is 121 Å². The lowest BCUT2D eigenvalue weighted by Crippen LogP contribution is -2.12. The first kappa shape index (κ1) is 14.8. The fourth-order valence-electron chi connectivity index (χ4n) is 1.64. The summed E-state index contributed by atoms with van der Waals surface area (Å²) in [6, 6.07) is 10.2. The summed E-state index contributed by atoms with van der Waals surface area (Å²) in [6.07, 6.45) is 0. The third-order valence-electron chi connectivity index (χ3n) is 2.67. The third kappa shape index (κ3) is 3.69. The van der Waals surface area contributed by atoms with Gasteiger partial charge in [0.15, 0.2) is 0 Å². The van der Waals surface area contributed by atoms with Gasteiger partial charge in [-0.1, -0.05) is 11.6 Å². The summed E-state index contributed by atoms with van der Waals surface area (Å²) in [5.41, 5.74) is 1.07. The van der Waals surface area contributed by atoms with Crippen molar-refractivity contribution < 1.29 is 12.8 Å². The number of benzene rings is 2. The lowest BCUT2D eigenvalue weighted by atomic mass is 10.2. The standard InChI is InChI=1S/C13H12ClFN2O2S/c14-10-1-6-13(15)9(7-10)8-17-11-2-4-12(5-3-11)20(16,18)19/h1-7,17H,8H2,(H2,16,18,19). The van der Waals surface area contributed by atoms with Gasteiger partial charge in [-0.05, 0) is 42.5 Å². The van der Waals surface area contributed by atoms with Crippen LogP contribution >= 0.6 is 11.6 Å². The first-order valence-corrected chi connectivity index (χ1v) is 7.59. The highest BCUT2D eigenvalue weighted by Gasteiger charge is 2.07. The second-order valence-electron chi connectivity index (χ2n) is 4.16. The van der Waals surface area contributed by atoms with Crippen LogP contribution in [0.5, 0.6) is 0 Å². The minimum Gasteiger partial charge on any atom is -0.381 e. The molecule has 0 spiro atoms. The van der Waals surface area contributed by atoms with Crippen molar-refractivity contribution in [3.8, 4) is 0 Å². The van der Waals surface area contributed by atoms with Crippen molar-refractivity contribution in [2.45, 2.75) is 11.4 Å². The summed E-state index contributed by atoms with van der Waals surface area (Å²) in [5.74, 6) is -0.358. The van der Waals surface area contributed by atoms with Crippen LogP contribution in [0.15, 0.2) is 47.4 Å². The van der Waals surface area contributed by atoms with Crippen molar-refractivity contribution in [3.05, 3.63) is 58.9 Å². The Morgan fingerprint density at radius 3 is 2.40 bits per heavy atom.